The van der Waals surface area contributed by atoms with Crippen molar-refractivity contribution in [3.8, 4) is 0 Å². The fourth-order valence-corrected chi connectivity index (χ4v) is 1.82. The fraction of sp³-hybridized carbons (Fsp3) is 0.0769. The molecule has 0 aliphatic heterocycles. The Morgan fingerprint density at radius 2 is 2.16 bits per heavy atom. The molecule has 6 heteroatoms. The van der Waals surface area contributed by atoms with Gasteiger partial charge in [0, 0.05) is 9.87 Å². The van der Waals surface area contributed by atoms with Crippen LogP contribution in [-0.2, 0) is 0 Å². The maximum absolute atomic E-state index is 11.7. The smallest absolute Gasteiger partial charge is 0.319 e. The lowest BCUT2D eigenvalue weighted by Gasteiger charge is -2.07. The SMILES string of the molecule is O=C(NC/C(Br)=C/Br)Nc1cnc2ccccc2c1. The number of urea groups is 1. The van der Waals surface area contributed by atoms with Gasteiger partial charge in [-0.25, -0.2) is 4.79 Å². The molecule has 1 aromatic carbocycles. The maximum atomic E-state index is 11.7. The number of halogens is 2. The number of nitrogens with zero attached hydrogens (tertiary/aromatic N) is 1. The van der Waals surface area contributed by atoms with Crippen LogP contribution in [0.4, 0.5) is 10.5 Å². The Kier molecular flexibility index (Phi) is 4.93. The van der Waals surface area contributed by atoms with E-state index in [0.29, 0.717) is 12.2 Å². The normalized spacial score (nSPS) is 11.4. The lowest BCUT2D eigenvalue weighted by molar-refractivity contribution is 0.253. The predicted molar refractivity (Wildman–Crippen MR) is 84.7 cm³/mol. The van der Waals surface area contributed by atoms with Crippen molar-refractivity contribution in [3.63, 3.8) is 0 Å². The summed E-state index contributed by atoms with van der Waals surface area (Å²) in [6, 6.07) is 9.36. The van der Waals surface area contributed by atoms with Crippen LogP contribution < -0.4 is 10.6 Å². The van der Waals surface area contributed by atoms with Gasteiger partial charge in [0.15, 0.2) is 0 Å². The molecule has 98 valence electrons. The van der Waals surface area contributed by atoms with E-state index >= 15 is 0 Å². The summed E-state index contributed by atoms with van der Waals surface area (Å²) in [4.78, 5) is 17.6. The quantitative estimate of drug-likeness (QED) is 0.840. The van der Waals surface area contributed by atoms with Crippen molar-refractivity contribution in [2.45, 2.75) is 0 Å². The zero-order valence-electron chi connectivity index (χ0n) is 9.86. The van der Waals surface area contributed by atoms with E-state index in [2.05, 4.69) is 47.5 Å². The van der Waals surface area contributed by atoms with Crippen LogP contribution in [0.15, 0.2) is 46.0 Å². The zero-order valence-corrected chi connectivity index (χ0v) is 13.0. The van der Waals surface area contributed by atoms with Crippen molar-refractivity contribution < 1.29 is 4.79 Å². The highest BCUT2D eigenvalue weighted by molar-refractivity contribution is 9.14. The molecule has 0 aliphatic rings. The first-order chi connectivity index (χ1) is 9.19. The van der Waals surface area contributed by atoms with E-state index in [-0.39, 0.29) is 6.03 Å². The summed E-state index contributed by atoms with van der Waals surface area (Å²) < 4.78 is 0.847. The fourth-order valence-electron chi connectivity index (χ4n) is 1.52. The number of aromatic nitrogens is 1. The van der Waals surface area contributed by atoms with Gasteiger partial charge >= 0.3 is 6.03 Å². The summed E-state index contributed by atoms with van der Waals surface area (Å²) in [6.45, 7) is 0.415. The second-order valence-electron chi connectivity index (χ2n) is 3.78. The highest BCUT2D eigenvalue weighted by atomic mass is 79.9. The van der Waals surface area contributed by atoms with E-state index < -0.39 is 0 Å². The largest absolute Gasteiger partial charge is 0.333 e. The van der Waals surface area contributed by atoms with Crippen LogP contribution in [0.5, 0.6) is 0 Å². The molecular weight excluding hydrogens is 374 g/mol. The molecule has 0 fully saturated rings. The lowest BCUT2D eigenvalue weighted by atomic mass is 10.2. The first-order valence-electron chi connectivity index (χ1n) is 5.53. The third kappa shape index (κ3) is 4.04. The summed E-state index contributed by atoms with van der Waals surface area (Å²) in [5, 5.41) is 6.43. The zero-order chi connectivity index (χ0) is 13.7. The molecule has 0 spiro atoms. The average molecular weight is 385 g/mol. The Balaban J connectivity index is 2.03. The minimum Gasteiger partial charge on any atom is -0.333 e. The monoisotopic (exact) mass is 383 g/mol. The van der Waals surface area contributed by atoms with Crippen molar-refractivity contribution >= 4 is 54.5 Å². The summed E-state index contributed by atoms with van der Waals surface area (Å²) in [6.07, 6.45) is 1.64. The molecule has 0 unspecified atom stereocenters. The van der Waals surface area contributed by atoms with Gasteiger partial charge in [0.05, 0.1) is 23.9 Å². The topological polar surface area (TPSA) is 54.0 Å². The average Bonchev–Trinajstić information content (AvgIpc) is 2.44. The van der Waals surface area contributed by atoms with E-state index in [1.165, 1.54) is 0 Å². The molecule has 19 heavy (non-hydrogen) atoms. The van der Waals surface area contributed by atoms with Crippen LogP contribution >= 0.6 is 31.9 Å². The van der Waals surface area contributed by atoms with Gasteiger partial charge in [-0.15, -0.1) is 0 Å². The van der Waals surface area contributed by atoms with Gasteiger partial charge < -0.3 is 10.6 Å². The van der Waals surface area contributed by atoms with Gasteiger partial charge in [-0.05, 0) is 17.1 Å². The second kappa shape index (κ2) is 6.68. The highest BCUT2D eigenvalue weighted by Crippen LogP contribution is 2.15. The van der Waals surface area contributed by atoms with E-state index in [1.807, 2.05) is 30.3 Å². The van der Waals surface area contributed by atoms with Gasteiger partial charge in [0.25, 0.3) is 0 Å². The van der Waals surface area contributed by atoms with Crippen LogP contribution in [0.3, 0.4) is 0 Å². The number of amides is 2. The Bertz CT molecular complexity index is 628. The van der Waals surface area contributed by atoms with Crippen molar-refractivity contribution in [2.75, 3.05) is 11.9 Å². The summed E-state index contributed by atoms with van der Waals surface area (Å²) in [5.74, 6) is 0. The second-order valence-corrected chi connectivity index (χ2v) is 5.26. The van der Waals surface area contributed by atoms with Gasteiger partial charge in [-0.1, -0.05) is 50.1 Å². The Hall–Kier alpha value is -1.40. The Morgan fingerprint density at radius 1 is 1.37 bits per heavy atom. The number of carbonyl (C=O) groups is 1. The van der Waals surface area contributed by atoms with Crippen LogP contribution in [0.2, 0.25) is 0 Å². The number of anilines is 1. The number of nitrogens with one attached hydrogen (secondary N) is 2. The number of fused-ring (bicyclic) bond motifs is 1. The molecule has 0 atom stereocenters. The van der Waals surface area contributed by atoms with Crippen LogP contribution in [0.25, 0.3) is 10.9 Å². The van der Waals surface area contributed by atoms with Gasteiger partial charge in [-0.3, -0.25) is 4.98 Å². The molecule has 4 nitrogen and oxygen atoms in total. The summed E-state index contributed by atoms with van der Waals surface area (Å²) in [7, 11) is 0. The molecule has 1 aromatic heterocycles. The lowest BCUT2D eigenvalue weighted by Crippen LogP contribution is -2.29. The van der Waals surface area contributed by atoms with E-state index in [4.69, 9.17) is 0 Å². The number of hydrogen-bond acceptors (Lipinski definition) is 2. The van der Waals surface area contributed by atoms with Gasteiger partial charge in [0.2, 0.25) is 0 Å². The number of benzene rings is 1. The van der Waals surface area contributed by atoms with Crippen molar-refractivity contribution in [2.24, 2.45) is 0 Å². The Labute approximate surface area is 127 Å². The summed E-state index contributed by atoms with van der Waals surface area (Å²) in [5.41, 5.74) is 1.56. The van der Waals surface area contributed by atoms with Gasteiger partial charge in [0.1, 0.15) is 0 Å². The standard InChI is InChI=1S/C13H11Br2N3O/c14-6-10(15)7-17-13(19)18-11-5-9-3-1-2-4-12(9)16-8-11/h1-6,8H,7H2,(H2,17,18,19)/b10-6-. The molecule has 0 saturated heterocycles. The van der Waals surface area contributed by atoms with E-state index in [0.717, 1.165) is 15.4 Å². The highest BCUT2D eigenvalue weighted by Gasteiger charge is 2.03. The minimum absolute atomic E-state index is 0.275. The number of carbonyl (C=O) groups excluding carboxylic acids is 1. The first kappa shape index (κ1) is 14.0. The van der Waals surface area contributed by atoms with Crippen LogP contribution in [-0.4, -0.2) is 17.6 Å². The number of para-hydroxylation sites is 1. The molecule has 0 aliphatic carbocycles. The molecule has 2 aromatic rings. The molecule has 2 rings (SSSR count). The van der Waals surface area contributed by atoms with Crippen LogP contribution in [0, 0.1) is 0 Å². The third-order valence-electron chi connectivity index (χ3n) is 2.38. The van der Waals surface area contributed by atoms with Gasteiger partial charge in [-0.2, -0.15) is 0 Å². The molecule has 2 N–H and O–H groups in total. The molecule has 2 amide bonds. The van der Waals surface area contributed by atoms with E-state index in [1.54, 1.807) is 11.2 Å². The number of rotatable bonds is 3. The van der Waals surface area contributed by atoms with Crippen molar-refractivity contribution in [1.82, 2.24) is 10.3 Å². The molecule has 1 heterocycles. The van der Waals surface area contributed by atoms with E-state index in [9.17, 15) is 4.79 Å². The molecular formula is C13H11Br2N3O. The number of pyridine rings is 1. The minimum atomic E-state index is -0.275. The molecule has 0 radical (unpaired) electrons. The van der Waals surface area contributed by atoms with Crippen LogP contribution in [0.1, 0.15) is 0 Å². The van der Waals surface area contributed by atoms with Crippen molar-refractivity contribution in [1.29, 1.82) is 0 Å². The molecule has 0 saturated carbocycles. The first-order valence-corrected chi connectivity index (χ1v) is 7.24. The Morgan fingerprint density at radius 3 is 2.95 bits per heavy atom. The summed E-state index contributed by atoms with van der Waals surface area (Å²) >= 11 is 6.45. The third-order valence-corrected chi connectivity index (χ3v) is 4.06. The molecule has 0 bridgehead atoms. The van der Waals surface area contributed by atoms with Crippen molar-refractivity contribution in [3.05, 3.63) is 46.0 Å². The number of hydrogen-bond donors (Lipinski definition) is 2. The predicted octanol–water partition coefficient (Wildman–Crippen LogP) is 3.99. The maximum Gasteiger partial charge on any atom is 0.319 e.